The summed E-state index contributed by atoms with van der Waals surface area (Å²) in [5, 5.41) is 0.0539. The summed E-state index contributed by atoms with van der Waals surface area (Å²) in [4.78, 5) is 15.6. The fraction of sp³-hybridized carbons (Fsp3) is 0.417. The number of unbranched alkanes of at least 4 members (excludes halogenated alkanes) is 2. The molecule has 8 heteroatoms. The van der Waals surface area contributed by atoms with E-state index >= 15 is 0 Å². The summed E-state index contributed by atoms with van der Waals surface area (Å²) in [6, 6.07) is 13.1. The number of carbonyl (C=O) groups excluding carboxylic acids is 1. The van der Waals surface area contributed by atoms with Crippen LogP contribution in [0, 0.1) is 6.92 Å². The van der Waals surface area contributed by atoms with E-state index in [1.807, 2.05) is 44.2 Å². The first kappa shape index (κ1) is 23.8. The van der Waals surface area contributed by atoms with Gasteiger partial charge in [0.2, 0.25) is 15.0 Å². The van der Waals surface area contributed by atoms with Crippen LogP contribution in [-0.4, -0.2) is 43.4 Å². The van der Waals surface area contributed by atoms with Crippen molar-refractivity contribution in [2.24, 2.45) is 0 Å². The van der Waals surface area contributed by atoms with E-state index in [0.717, 1.165) is 30.5 Å². The summed E-state index contributed by atoms with van der Waals surface area (Å²) in [5.74, 6) is 0.490. The van der Waals surface area contributed by atoms with E-state index in [1.54, 1.807) is 16.7 Å². The third kappa shape index (κ3) is 5.68. The van der Waals surface area contributed by atoms with Gasteiger partial charge in [0.05, 0.1) is 30.5 Å². The van der Waals surface area contributed by atoms with E-state index in [1.165, 1.54) is 7.11 Å². The lowest BCUT2D eigenvalue weighted by atomic mass is 10.2. The monoisotopic (exact) mass is 458 g/mol. The fourth-order valence-corrected chi connectivity index (χ4v) is 4.91. The van der Waals surface area contributed by atoms with Crippen molar-refractivity contribution >= 4 is 26.8 Å². The molecule has 0 amide bonds. The SMILES string of the molecule is CCCS(=O)(=O)c1nc2ccc(OCCCCCC(=O)OC)cc2n1-c1ccc(C)cc1. The zero-order valence-electron chi connectivity index (χ0n) is 18.8. The first-order valence-corrected chi connectivity index (χ1v) is 12.5. The number of rotatable bonds is 11. The lowest BCUT2D eigenvalue weighted by molar-refractivity contribution is -0.140. The average molecular weight is 459 g/mol. The second kappa shape index (κ2) is 10.6. The van der Waals surface area contributed by atoms with E-state index < -0.39 is 9.84 Å². The van der Waals surface area contributed by atoms with Gasteiger partial charge in [0.25, 0.3) is 0 Å². The van der Waals surface area contributed by atoms with Gasteiger partial charge in [0, 0.05) is 18.2 Å². The van der Waals surface area contributed by atoms with E-state index in [-0.39, 0.29) is 16.9 Å². The zero-order chi connectivity index (χ0) is 23.1. The molecule has 3 rings (SSSR count). The molecule has 172 valence electrons. The van der Waals surface area contributed by atoms with Crippen molar-refractivity contribution in [3.63, 3.8) is 0 Å². The predicted octanol–water partition coefficient (Wildman–Crippen LogP) is 4.63. The number of esters is 1. The minimum absolute atomic E-state index is 0.0388. The van der Waals surface area contributed by atoms with Crippen LogP contribution in [0.15, 0.2) is 47.6 Å². The van der Waals surface area contributed by atoms with Crippen molar-refractivity contribution in [1.29, 1.82) is 0 Å². The van der Waals surface area contributed by atoms with Crippen LogP contribution in [0.5, 0.6) is 5.75 Å². The van der Waals surface area contributed by atoms with Crippen molar-refractivity contribution in [2.45, 2.75) is 51.1 Å². The van der Waals surface area contributed by atoms with Gasteiger partial charge in [-0.25, -0.2) is 13.4 Å². The Bertz CT molecular complexity index is 1170. The van der Waals surface area contributed by atoms with Crippen LogP contribution >= 0.6 is 0 Å². The Hall–Kier alpha value is -2.87. The van der Waals surface area contributed by atoms with Crippen LogP contribution in [-0.2, 0) is 19.4 Å². The predicted molar refractivity (Wildman–Crippen MR) is 124 cm³/mol. The topological polar surface area (TPSA) is 87.5 Å². The quantitative estimate of drug-likeness (QED) is 0.308. The van der Waals surface area contributed by atoms with Gasteiger partial charge in [-0.3, -0.25) is 9.36 Å². The Balaban J connectivity index is 1.86. The third-order valence-electron chi connectivity index (χ3n) is 5.16. The van der Waals surface area contributed by atoms with Gasteiger partial charge >= 0.3 is 5.97 Å². The number of hydrogen-bond donors (Lipinski definition) is 0. The number of carbonyl (C=O) groups is 1. The van der Waals surface area contributed by atoms with E-state index in [2.05, 4.69) is 9.72 Å². The largest absolute Gasteiger partial charge is 0.494 e. The van der Waals surface area contributed by atoms with Crippen LogP contribution in [0.1, 0.15) is 44.6 Å². The normalized spacial score (nSPS) is 11.6. The van der Waals surface area contributed by atoms with Gasteiger partial charge in [-0.05, 0) is 56.9 Å². The first-order chi connectivity index (χ1) is 15.4. The van der Waals surface area contributed by atoms with Crippen LogP contribution in [0.2, 0.25) is 0 Å². The number of hydrogen-bond acceptors (Lipinski definition) is 6. The van der Waals surface area contributed by atoms with Gasteiger partial charge in [-0.2, -0.15) is 0 Å². The molecular weight excluding hydrogens is 428 g/mol. The maximum atomic E-state index is 12.9. The van der Waals surface area contributed by atoms with Crippen molar-refractivity contribution < 1.29 is 22.7 Å². The lowest BCUT2D eigenvalue weighted by Crippen LogP contribution is -2.13. The maximum absolute atomic E-state index is 12.9. The molecule has 0 bridgehead atoms. The van der Waals surface area contributed by atoms with Crippen LogP contribution in [0.25, 0.3) is 16.7 Å². The Morgan fingerprint density at radius 2 is 1.81 bits per heavy atom. The number of benzene rings is 2. The Labute approximate surface area is 189 Å². The van der Waals surface area contributed by atoms with Gasteiger partial charge < -0.3 is 9.47 Å². The van der Waals surface area contributed by atoms with Crippen LogP contribution < -0.4 is 4.74 Å². The number of aryl methyl sites for hydroxylation is 1. The van der Waals surface area contributed by atoms with Crippen molar-refractivity contribution in [1.82, 2.24) is 9.55 Å². The van der Waals surface area contributed by atoms with Gasteiger partial charge in [-0.1, -0.05) is 24.6 Å². The molecule has 0 aliphatic carbocycles. The number of aromatic nitrogens is 2. The molecular formula is C24H30N2O5S. The number of fused-ring (bicyclic) bond motifs is 1. The number of nitrogens with zero attached hydrogens (tertiary/aromatic N) is 2. The number of imidazole rings is 1. The summed E-state index contributed by atoms with van der Waals surface area (Å²) < 4.78 is 38.1. The first-order valence-electron chi connectivity index (χ1n) is 10.9. The fourth-order valence-electron chi connectivity index (χ4n) is 3.48. The van der Waals surface area contributed by atoms with Crippen molar-refractivity contribution in [3.8, 4) is 11.4 Å². The van der Waals surface area contributed by atoms with E-state index in [9.17, 15) is 13.2 Å². The lowest BCUT2D eigenvalue weighted by Gasteiger charge is -2.11. The molecule has 32 heavy (non-hydrogen) atoms. The number of ether oxygens (including phenoxy) is 2. The highest BCUT2D eigenvalue weighted by Gasteiger charge is 2.24. The summed E-state index contributed by atoms with van der Waals surface area (Å²) in [7, 11) is -2.15. The third-order valence-corrected chi connectivity index (χ3v) is 6.94. The minimum atomic E-state index is -3.54. The molecule has 0 saturated heterocycles. The Morgan fingerprint density at radius 1 is 1.06 bits per heavy atom. The number of sulfone groups is 1. The van der Waals surface area contributed by atoms with Gasteiger partial charge in [0.1, 0.15) is 5.75 Å². The molecule has 0 unspecified atom stereocenters. The smallest absolute Gasteiger partial charge is 0.305 e. The molecule has 0 spiro atoms. The maximum Gasteiger partial charge on any atom is 0.305 e. The molecule has 1 aromatic heterocycles. The molecule has 0 saturated carbocycles. The highest BCUT2D eigenvalue weighted by Crippen LogP contribution is 2.29. The van der Waals surface area contributed by atoms with Crippen molar-refractivity contribution in [3.05, 3.63) is 48.0 Å². The van der Waals surface area contributed by atoms with Gasteiger partial charge in [-0.15, -0.1) is 0 Å². The summed E-state index contributed by atoms with van der Waals surface area (Å²) in [6.45, 7) is 4.33. The molecule has 0 aliphatic heterocycles. The molecule has 0 N–H and O–H groups in total. The summed E-state index contributed by atoms with van der Waals surface area (Å²) >= 11 is 0. The standard InChI is InChI=1S/C24H30N2O5S/c1-4-16-32(28,29)24-25-21-14-13-20(31-15-7-5-6-8-23(27)30-3)17-22(21)26(24)19-11-9-18(2)10-12-19/h9-14,17H,4-8,15-16H2,1-3H3. The summed E-state index contributed by atoms with van der Waals surface area (Å²) in [5.41, 5.74) is 3.12. The highest BCUT2D eigenvalue weighted by molar-refractivity contribution is 7.91. The zero-order valence-corrected chi connectivity index (χ0v) is 19.7. The molecule has 2 aromatic carbocycles. The van der Waals surface area contributed by atoms with Gasteiger partial charge in [0.15, 0.2) is 0 Å². The Kier molecular flexibility index (Phi) is 7.90. The summed E-state index contributed by atoms with van der Waals surface area (Å²) in [6.07, 6.45) is 3.35. The molecule has 3 aromatic rings. The Morgan fingerprint density at radius 3 is 2.50 bits per heavy atom. The van der Waals surface area contributed by atoms with E-state index in [0.29, 0.717) is 36.2 Å². The van der Waals surface area contributed by atoms with E-state index in [4.69, 9.17) is 4.74 Å². The number of methoxy groups -OCH3 is 1. The van der Waals surface area contributed by atoms with Crippen LogP contribution in [0.4, 0.5) is 0 Å². The van der Waals surface area contributed by atoms with Crippen molar-refractivity contribution in [2.75, 3.05) is 19.5 Å². The molecule has 1 heterocycles. The second-order valence-electron chi connectivity index (χ2n) is 7.77. The molecule has 0 atom stereocenters. The second-order valence-corrected chi connectivity index (χ2v) is 9.77. The molecule has 0 fully saturated rings. The average Bonchev–Trinajstić information content (AvgIpc) is 3.16. The minimum Gasteiger partial charge on any atom is -0.494 e. The molecule has 7 nitrogen and oxygen atoms in total. The highest BCUT2D eigenvalue weighted by atomic mass is 32.2. The molecule has 0 radical (unpaired) electrons. The molecule has 0 aliphatic rings. The van der Waals surface area contributed by atoms with Crippen LogP contribution in [0.3, 0.4) is 0 Å².